The first-order valence-corrected chi connectivity index (χ1v) is 4.24. The van der Waals surface area contributed by atoms with E-state index < -0.39 is 7.82 Å². The second-order valence-electron chi connectivity index (χ2n) is 2.11. The van der Waals surface area contributed by atoms with Crippen LogP contribution >= 0.6 is 7.82 Å². The highest BCUT2D eigenvalue weighted by Gasteiger charge is 2.00. The van der Waals surface area contributed by atoms with Crippen LogP contribution in [0.2, 0.25) is 0 Å². The lowest BCUT2D eigenvalue weighted by molar-refractivity contribution is -0.219. The molecule has 0 heterocycles. The minimum absolute atomic E-state index is 0.00965. The van der Waals surface area contributed by atoms with Gasteiger partial charge in [0.15, 0.2) is 0 Å². The van der Waals surface area contributed by atoms with Gasteiger partial charge >= 0.3 is 0 Å². The van der Waals surface area contributed by atoms with Crippen molar-refractivity contribution in [3.63, 3.8) is 0 Å². The molecule has 6 heteroatoms. The Morgan fingerprint density at radius 3 is 2.50 bits per heavy atom. The predicted molar refractivity (Wildman–Crippen MR) is 34.3 cm³/mol. The number of likely N-dealkylation sites (N-methyl/N-ethyl adjacent to an activating group) is 1. The van der Waals surface area contributed by atoms with Crippen molar-refractivity contribution >= 4 is 7.82 Å². The van der Waals surface area contributed by atoms with Crippen LogP contribution in [-0.4, -0.2) is 37.0 Å². The molecule has 5 nitrogen and oxygen atoms in total. The fourth-order valence-electron chi connectivity index (χ4n) is 0.339. The van der Waals surface area contributed by atoms with Gasteiger partial charge in [0, 0.05) is 6.54 Å². The topological polar surface area (TPSA) is 72.8 Å². The summed E-state index contributed by atoms with van der Waals surface area (Å²) in [6.07, 6.45) is 0. The van der Waals surface area contributed by atoms with Gasteiger partial charge in [-0.05, 0) is 14.1 Å². The number of nitrogens with zero attached hydrogens (tertiary/aromatic N) is 1. The van der Waals surface area contributed by atoms with Crippen molar-refractivity contribution in [3.8, 4) is 0 Å². The van der Waals surface area contributed by atoms with Crippen molar-refractivity contribution in [2.45, 2.75) is 0 Å². The van der Waals surface area contributed by atoms with Gasteiger partial charge in [0.2, 0.25) is 0 Å². The lowest BCUT2D eigenvalue weighted by Gasteiger charge is -2.16. The van der Waals surface area contributed by atoms with E-state index in [0.29, 0.717) is 6.54 Å². The molecule has 62 valence electrons. The quantitative estimate of drug-likeness (QED) is 0.546. The van der Waals surface area contributed by atoms with Crippen LogP contribution in [0.15, 0.2) is 0 Å². The molecule has 0 aromatic carbocycles. The zero-order valence-corrected chi connectivity index (χ0v) is 6.88. The second kappa shape index (κ2) is 4.05. The molecule has 0 aliphatic rings. The van der Waals surface area contributed by atoms with Gasteiger partial charge in [0.25, 0.3) is 7.82 Å². The first-order valence-electron chi connectivity index (χ1n) is 2.75. The Hall–Kier alpha value is 0.0700. The fraction of sp³-hybridized carbons (Fsp3) is 1.00. The van der Waals surface area contributed by atoms with Gasteiger partial charge in [0.1, 0.15) is 0 Å². The molecular formula is C4H11NO4P-. The first-order chi connectivity index (χ1) is 4.42. The molecule has 0 aromatic rings. The van der Waals surface area contributed by atoms with Gasteiger partial charge in [-0.1, -0.05) is 0 Å². The van der Waals surface area contributed by atoms with Crippen molar-refractivity contribution in [1.29, 1.82) is 0 Å². The Labute approximate surface area is 59.8 Å². The highest BCUT2D eigenvalue weighted by atomic mass is 31.2. The van der Waals surface area contributed by atoms with Gasteiger partial charge in [-0.15, -0.1) is 0 Å². The van der Waals surface area contributed by atoms with E-state index in [-0.39, 0.29) is 6.61 Å². The van der Waals surface area contributed by atoms with Crippen molar-refractivity contribution < 1.29 is 18.9 Å². The van der Waals surface area contributed by atoms with Crippen LogP contribution in [0, 0.1) is 0 Å². The Balaban J connectivity index is 3.30. The molecule has 0 aliphatic heterocycles. The molecule has 0 spiro atoms. The molecule has 0 fully saturated rings. The number of hydrogen-bond donors (Lipinski definition) is 1. The van der Waals surface area contributed by atoms with Gasteiger partial charge < -0.3 is 19.2 Å². The maximum atomic E-state index is 9.96. The van der Waals surface area contributed by atoms with Crippen molar-refractivity contribution in [1.82, 2.24) is 4.90 Å². The molecule has 0 aromatic heterocycles. The van der Waals surface area contributed by atoms with Crippen molar-refractivity contribution in [2.24, 2.45) is 0 Å². The van der Waals surface area contributed by atoms with E-state index in [4.69, 9.17) is 4.89 Å². The smallest absolute Gasteiger partial charge is 0.265 e. The van der Waals surface area contributed by atoms with Gasteiger partial charge in [-0.25, -0.2) is 0 Å². The normalized spacial score (nSPS) is 17.3. The van der Waals surface area contributed by atoms with Crippen LogP contribution in [0.4, 0.5) is 0 Å². The molecular weight excluding hydrogens is 157 g/mol. The zero-order chi connectivity index (χ0) is 8.20. The lowest BCUT2D eigenvalue weighted by Crippen LogP contribution is -2.18. The summed E-state index contributed by atoms with van der Waals surface area (Å²) in [5.74, 6) is 0. The minimum atomic E-state index is -4.50. The maximum absolute atomic E-state index is 9.96. The molecule has 1 N–H and O–H groups in total. The summed E-state index contributed by atoms with van der Waals surface area (Å²) in [5, 5.41) is 0. The monoisotopic (exact) mass is 168 g/mol. The maximum Gasteiger partial charge on any atom is 0.265 e. The summed E-state index contributed by atoms with van der Waals surface area (Å²) in [7, 11) is -0.950. The van der Waals surface area contributed by atoms with E-state index in [1.54, 1.807) is 19.0 Å². The molecule has 10 heavy (non-hydrogen) atoms. The van der Waals surface area contributed by atoms with Crippen molar-refractivity contribution in [2.75, 3.05) is 27.2 Å². The van der Waals surface area contributed by atoms with Crippen LogP contribution < -0.4 is 4.89 Å². The fourth-order valence-corrected chi connectivity index (χ4v) is 0.651. The molecule has 0 saturated carbocycles. The Morgan fingerprint density at radius 2 is 2.20 bits per heavy atom. The summed E-state index contributed by atoms with van der Waals surface area (Å²) < 4.78 is 14.0. The molecule has 0 amide bonds. The summed E-state index contributed by atoms with van der Waals surface area (Å²) in [5.41, 5.74) is 0. The molecule has 0 bridgehead atoms. The lowest BCUT2D eigenvalue weighted by atomic mass is 10.6. The van der Waals surface area contributed by atoms with Crippen LogP contribution in [-0.2, 0) is 9.09 Å². The molecule has 0 rings (SSSR count). The average Bonchev–Trinajstić information content (AvgIpc) is 1.59. The van der Waals surface area contributed by atoms with Crippen LogP contribution in [0.5, 0.6) is 0 Å². The first kappa shape index (κ1) is 10.1. The number of phosphoric ester groups is 1. The standard InChI is InChI=1S/C4H12NO4P/c1-5(2)3-4-9-10(6,7)8/h3-4H2,1-2H3,(H2,6,7,8)/p-1. The summed E-state index contributed by atoms with van der Waals surface area (Å²) >= 11 is 0. The average molecular weight is 168 g/mol. The SMILES string of the molecule is CN(C)CCOP(=O)([O-])O. The summed E-state index contributed by atoms with van der Waals surface area (Å²) in [6, 6.07) is 0. The molecule has 0 saturated heterocycles. The molecule has 1 atom stereocenters. The molecule has 0 aliphatic carbocycles. The highest BCUT2D eigenvalue weighted by Crippen LogP contribution is 2.29. The van der Waals surface area contributed by atoms with E-state index in [1.165, 1.54) is 0 Å². The largest absolute Gasteiger partial charge is 0.756 e. The third-order valence-electron chi connectivity index (χ3n) is 0.793. The van der Waals surface area contributed by atoms with Crippen LogP contribution in [0.3, 0.4) is 0 Å². The number of phosphoric acid groups is 1. The Kier molecular flexibility index (Phi) is 4.08. The van der Waals surface area contributed by atoms with Gasteiger partial charge in [-0.2, -0.15) is 0 Å². The summed E-state index contributed by atoms with van der Waals surface area (Å²) in [4.78, 5) is 19.8. The van der Waals surface area contributed by atoms with Gasteiger partial charge in [-0.3, -0.25) is 4.57 Å². The zero-order valence-electron chi connectivity index (χ0n) is 5.98. The van der Waals surface area contributed by atoms with E-state index in [9.17, 15) is 9.46 Å². The second-order valence-corrected chi connectivity index (χ2v) is 3.30. The van der Waals surface area contributed by atoms with Crippen LogP contribution in [0.25, 0.3) is 0 Å². The number of hydrogen-bond acceptors (Lipinski definition) is 4. The van der Waals surface area contributed by atoms with E-state index >= 15 is 0 Å². The molecule has 1 unspecified atom stereocenters. The predicted octanol–water partition coefficient (Wildman–Crippen LogP) is -0.975. The number of rotatable bonds is 4. The van der Waals surface area contributed by atoms with E-state index in [2.05, 4.69) is 4.52 Å². The van der Waals surface area contributed by atoms with Crippen molar-refractivity contribution in [3.05, 3.63) is 0 Å². The molecule has 0 radical (unpaired) electrons. The highest BCUT2D eigenvalue weighted by molar-refractivity contribution is 7.44. The van der Waals surface area contributed by atoms with E-state index in [0.717, 1.165) is 0 Å². The van der Waals surface area contributed by atoms with Gasteiger partial charge in [0.05, 0.1) is 6.61 Å². The minimum Gasteiger partial charge on any atom is -0.756 e. The Bertz CT molecular complexity index is 131. The third kappa shape index (κ3) is 8.07. The Morgan fingerprint density at radius 1 is 1.70 bits per heavy atom. The third-order valence-corrected chi connectivity index (χ3v) is 1.30. The van der Waals surface area contributed by atoms with Crippen LogP contribution in [0.1, 0.15) is 0 Å². The van der Waals surface area contributed by atoms with E-state index in [1.807, 2.05) is 0 Å². The summed E-state index contributed by atoms with van der Waals surface area (Å²) in [6.45, 7) is 0.455.